The number of thioether (sulfide) groups is 1. The zero-order valence-electron chi connectivity index (χ0n) is 11.1. The summed E-state index contributed by atoms with van der Waals surface area (Å²) in [5.74, 6) is 2.85. The number of benzene rings is 1. The van der Waals surface area contributed by atoms with Gasteiger partial charge in [0.25, 0.3) is 0 Å². The van der Waals surface area contributed by atoms with Crippen LogP contribution in [0.25, 0.3) is 0 Å². The van der Waals surface area contributed by atoms with Crippen molar-refractivity contribution in [2.24, 2.45) is 0 Å². The number of rotatable bonds is 4. The van der Waals surface area contributed by atoms with E-state index in [2.05, 4.69) is 15.5 Å². The molecule has 1 atom stereocenters. The number of hydrogen-bond donors (Lipinski definition) is 2. The average molecular weight is 291 g/mol. The van der Waals surface area contributed by atoms with Gasteiger partial charge in [-0.2, -0.15) is 16.7 Å². The van der Waals surface area contributed by atoms with Crippen LogP contribution in [0.3, 0.4) is 0 Å². The third-order valence-corrected chi connectivity index (χ3v) is 4.64. The number of aromatic hydroxyl groups is 1. The van der Waals surface area contributed by atoms with Gasteiger partial charge in [-0.1, -0.05) is 11.6 Å². The molecule has 1 unspecified atom stereocenters. The second-order valence-electron chi connectivity index (χ2n) is 4.80. The maximum Gasteiger partial charge on any atom is 0.245 e. The molecule has 106 valence electrons. The first-order valence-electron chi connectivity index (χ1n) is 6.78. The van der Waals surface area contributed by atoms with E-state index in [9.17, 15) is 5.11 Å². The first-order valence-corrected chi connectivity index (χ1v) is 7.83. The van der Waals surface area contributed by atoms with Crippen LogP contribution in [0.2, 0.25) is 0 Å². The van der Waals surface area contributed by atoms with Crippen LogP contribution in [0.15, 0.2) is 28.8 Å². The van der Waals surface area contributed by atoms with E-state index in [1.807, 2.05) is 23.9 Å². The van der Waals surface area contributed by atoms with Crippen LogP contribution in [-0.4, -0.2) is 21.0 Å². The molecule has 2 aromatic rings. The lowest BCUT2D eigenvalue weighted by atomic mass is 10.2. The molecule has 1 aromatic heterocycles. The summed E-state index contributed by atoms with van der Waals surface area (Å²) in [5.41, 5.74) is 0.912. The van der Waals surface area contributed by atoms with E-state index < -0.39 is 0 Å². The monoisotopic (exact) mass is 291 g/mol. The van der Waals surface area contributed by atoms with Crippen molar-refractivity contribution in [3.8, 4) is 5.75 Å². The van der Waals surface area contributed by atoms with Crippen molar-refractivity contribution in [1.29, 1.82) is 0 Å². The third kappa shape index (κ3) is 3.25. The van der Waals surface area contributed by atoms with Crippen molar-refractivity contribution in [2.45, 2.75) is 31.1 Å². The maximum atomic E-state index is 9.22. The Labute approximate surface area is 121 Å². The third-order valence-electron chi connectivity index (χ3n) is 3.26. The fourth-order valence-electron chi connectivity index (χ4n) is 2.17. The fourth-order valence-corrected chi connectivity index (χ4v) is 3.41. The molecule has 3 rings (SSSR count). The van der Waals surface area contributed by atoms with Crippen LogP contribution in [0, 0.1) is 0 Å². The minimum absolute atomic E-state index is 0.255. The molecule has 1 fully saturated rings. The Hall–Kier alpha value is -1.69. The summed E-state index contributed by atoms with van der Waals surface area (Å²) < 4.78 is 5.28. The smallest absolute Gasteiger partial charge is 0.245 e. The lowest BCUT2D eigenvalue weighted by Crippen LogP contribution is -2.04. The van der Waals surface area contributed by atoms with Gasteiger partial charge in [-0.3, -0.25) is 0 Å². The van der Waals surface area contributed by atoms with Crippen LogP contribution in [0.4, 0.5) is 5.69 Å². The van der Waals surface area contributed by atoms with Crippen molar-refractivity contribution >= 4 is 17.4 Å². The fraction of sp³-hybridized carbons (Fsp3) is 0.429. The molecule has 1 aliphatic rings. The molecule has 1 aromatic carbocycles. The van der Waals surface area contributed by atoms with Crippen LogP contribution in [-0.2, 0) is 6.54 Å². The molecule has 2 heterocycles. The van der Waals surface area contributed by atoms with E-state index >= 15 is 0 Å². The maximum absolute atomic E-state index is 9.22. The number of nitrogens with one attached hydrogen (secondary N) is 1. The Morgan fingerprint density at radius 3 is 2.90 bits per heavy atom. The van der Waals surface area contributed by atoms with E-state index in [4.69, 9.17) is 4.52 Å². The molecule has 0 bridgehead atoms. The van der Waals surface area contributed by atoms with E-state index in [0.29, 0.717) is 17.7 Å². The quantitative estimate of drug-likeness (QED) is 0.842. The zero-order valence-corrected chi connectivity index (χ0v) is 11.9. The van der Waals surface area contributed by atoms with E-state index in [-0.39, 0.29) is 5.75 Å². The predicted molar refractivity (Wildman–Crippen MR) is 78.8 cm³/mol. The molecular weight excluding hydrogens is 274 g/mol. The van der Waals surface area contributed by atoms with Crippen LogP contribution < -0.4 is 5.32 Å². The van der Waals surface area contributed by atoms with E-state index in [1.54, 1.807) is 12.1 Å². The lowest BCUT2D eigenvalue weighted by molar-refractivity contribution is 0.376. The summed E-state index contributed by atoms with van der Waals surface area (Å²) >= 11 is 1.91. The molecule has 6 heteroatoms. The Morgan fingerprint density at radius 2 is 2.15 bits per heavy atom. The van der Waals surface area contributed by atoms with Crippen molar-refractivity contribution in [3.05, 3.63) is 36.0 Å². The van der Waals surface area contributed by atoms with Gasteiger partial charge in [0.05, 0.1) is 11.8 Å². The minimum Gasteiger partial charge on any atom is -0.508 e. The van der Waals surface area contributed by atoms with Gasteiger partial charge >= 0.3 is 0 Å². The topological polar surface area (TPSA) is 71.2 Å². The predicted octanol–water partition coefficient (Wildman–Crippen LogP) is 3.35. The van der Waals surface area contributed by atoms with Crippen LogP contribution >= 0.6 is 11.8 Å². The van der Waals surface area contributed by atoms with Crippen molar-refractivity contribution in [3.63, 3.8) is 0 Å². The number of phenolic OH excluding ortho intramolecular Hbond substituents is 1. The summed E-state index contributed by atoms with van der Waals surface area (Å²) in [6, 6.07) is 6.90. The Kier molecular flexibility index (Phi) is 4.11. The number of phenols is 1. The highest BCUT2D eigenvalue weighted by atomic mass is 32.2. The van der Waals surface area contributed by atoms with Crippen LogP contribution in [0.1, 0.15) is 36.2 Å². The second kappa shape index (κ2) is 6.17. The first-order chi connectivity index (χ1) is 9.81. The van der Waals surface area contributed by atoms with E-state index in [1.165, 1.54) is 18.6 Å². The highest BCUT2D eigenvalue weighted by Crippen LogP contribution is 2.36. The lowest BCUT2D eigenvalue weighted by Gasteiger charge is -2.17. The molecule has 0 saturated carbocycles. The van der Waals surface area contributed by atoms with Crippen LogP contribution in [0.5, 0.6) is 5.75 Å². The average Bonchev–Trinajstić information content (AvgIpc) is 2.97. The normalized spacial score (nSPS) is 18.9. The summed E-state index contributed by atoms with van der Waals surface area (Å²) in [4.78, 5) is 4.46. The van der Waals surface area contributed by atoms with Gasteiger partial charge in [0, 0.05) is 5.69 Å². The number of hydrogen-bond acceptors (Lipinski definition) is 6. The number of anilines is 1. The van der Waals surface area contributed by atoms with Crippen molar-refractivity contribution in [2.75, 3.05) is 11.1 Å². The Balaban J connectivity index is 1.58. The van der Waals surface area contributed by atoms with Gasteiger partial charge in [-0.05, 0) is 42.9 Å². The summed E-state index contributed by atoms with van der Waals surface area (Å²) in [6.45, 7) is 0.495. The SMILES string of the molecule is Oc1ccc(NCc2nc(C3CCCCS3)no2)cc1. The number of nitrogens with zero attached hydrogens (tertiary/aromatic N) is 2. The molecule has 0 amide bonds. The van der Waals surface area contributed by atoms with Crippen molar-refractivity contribution in [1.82, 2.24) is 10.1 Å². The van der Waals surface area contributed by atoms with Gasteiger partial charge in [-0.15, -0.1) is 0 Å². The van der Waals surface area contributed by atoms with Gasteiger partial charge in [-0.25, -0.2) is 0 Å². The molecule has 0 aliphatic carbocycles. The van der Waals surface area contributed by atoms with Gasteiger partial charge in [0.15, 0.2) is 5.82 Å². The van der Waals surface area contributed by atoms with Crippen molar-refractivity contribution < 1.29 is 9.63 Å². The summed E-state index contributed by atoms with van der Waals surface area (Å²) in [6.07, 6.45) is 3.66. The van der Waals surface area contributed by atoms with E-state index in [0.717, 1.165) is 17.9 Å². The molecule has 1 saturated heterocycles. The number of aromatic nitrogens is 2. The second-order valence-corrected chi connectivity index (χ2v) is 6.11. The highest BCUT2D eigenvalue weighted by molar-refractivity contribution is 7.99. The molecule has 1 aliphatic heterocycles. The molecule has 5 nitrogen and oxygen atoms in total. The first kappa shape index (κ1) is 13.3. The molecule has 2 N–H and O–H groups in total. The largest absolute Gasteiger partial charge is 0.508 e. The zero-order chi connectivity index (χ0) is 13.8. The summed E-state index contributed by atoms with van der Waals surface area (Å²) in [7, 11) is 0. The highest BCUT2D eigenvalue weighted by Gasteiger charge is 2.21. The summed E-state index contributed by atoms with van der Waals surface area (Å²) in [5, 5.41) is 16.9. The molecule has 0 spiro atoms. The van der Waals surface area contributed by atoms with Gasteiger partial charge in [0.1, 0.15) is 5.75 Å². The Morgan fingerprint density at radius 1 is 1.30 bits per heavy atom. The Bertz CT molecular complexity index is 550. The molecular formula is C14H17N3O2S. The standard InChI is InChI=1S/C14H17N3O2S/c18-11-6-4-10(5-7-11)15-9-13-16-14(17-19-13)12-3-1-2-8-20-12/h4-7,12,15,18H,1-3,8-9H2. The molecule has 20 heavy (non-hydrogen) atoms. The minimum atomic E-state index is 0.255. The van der Waals surface area contributed by atoms with Gasteiger partial charge < -0.3 is 14.9 Å². The molecule has 0 radical (unpaired) electrons. The van der Waals surface area contributed by atoms with Gasteiger partial charge in [0.2, 0.25) is 5.89 Å².